The first-order valence-corrected chi connectivity index (χ1v) is 13.0. The molecule has 0 radical (unpaired) electrons. The molecular formula is C29H39N3O5. The summed E-state index contributed by atoms with van der Waals surface area (Å²) in [5.41, 5.74) is 3.32. The van der Waals surface area contributed by atoms with Crippen molar-refractivity contribution in [2.45, 2.75) is 71.2 Å². The number of rotatable bonds is 6. The Morgan fingerprint density at radius 2 is 1.73 bits per heavy atom. The Labute approximate surface area is 219 Å². The molecule has 0 aliphatic carbocycles. The second kappa shape index (κ2) is 11.0. The van der Waals surface area contributed by atoms with Crippen molar-refractivity contribution in [3.8, 4) is 5.75 Å². The summed E-state index contributed by atoms with van der Waals surface area (Å²) in [5.74, 6) is 1.01. The van der Waals surface area contributed by atoms with E-state index in [1.807, 2.05) is 39.0 Å². The summed E-state index contributed by atoms with van der Waals surface area (Å²) in [6.07, 6.45) is 2.24. The van der Waals surface area contributed by atoms with Crippen molar-refractivity contribution in [2.24, 2.45) is 0 Å². The van der Waals surface area contributed by atoms with Crippen LogP contribution in [0.2, 0.25) is 0 Å². The largest absolute Gasteiger partial charge is 0.481 e. The summed E-state index contributed by atoms with van der Waals surface area (Å²) >= 11 is 0. The van der Waals surface area contributed by atoms with Gasteiger partial charge in [0.05, 0.1) is 17.9 Å². The Balaban J connectivity index is 1.39. The van der Waals surface area contributed by atoms with Gasteiger partial charge in [0.25, 0.3) is 5.91 Å². The lowest BCUT2D eigenvalue weighted by atomic mass is 9.86. The number of carbonyl (C=O) groups is 2. The number of amides is 2. The average Bonchev–Trinajstić information content (AvgIpc) is 2.82. The quantitative estimate of drug-likeness (QED) is 0.539. The summed E-state index contributed by atoms with van der Waals surface area (Å²) in [5, 5.41) is 3.44. The number of hydrogen-bond acceptors (Lipinski definition) is 6. The molecule has 200 valence electrons. The van der Waals surface area contributed by atoms with E-state index in [0.29, 0.717) is 30.4 Å². The first-order chi connectivity index (χ1) is 17.5. The summed E-state index contributed by atoms with van der Waals surface area (Å²) in [6.45, 7) is 10.4. The van der Waals surface area contributed by atoms with Gasteiger partial charge in [0, 0.05) is 37.6 Å². The van der Waals surface area contributed by atoms with Gasteiger partial charge >= 0.3 is 6.09 Å². The number of likely N-dealkylation sites (N-methyl/N-ethyl adjacent to an activating group) is 1. The Kier molecular flexibility index (Phi) is 7.97. The van der Waals surface area contributed by atoms with Crippen LogP contribution in [0.1, 0.15) is 58.9 Å². The highest BCUT2D eigenvalue weighted by molar-refractivity contribution is 5.98. The molecule has 0 saturated carbocycles. The third-order valence-electron chi connectivity index (χ3n) is 6.64. The Morgan fingerprint density at radius 1 is 1.08 bits per heavy atom. The van der Waals surface area contributed by atoms with Gasteiger partial charge < -0.3 is 29.3 Å². The molecule has 4 rings (SSSR count). The number of nitrogens with zero attached hydrogens (tertiary/aromatic N) is 2. The number of fused-ring (bicyclic) bond motifs is 1. The van der Waals surface area contributed by atoms with E-state index in [4.69, 9.17) is 14.2 Å². The fourth-order valence-corrected chi connectivity index (χ4v) is 4.89. The van der Waals surface area contributed by atoms with Crippen molar-refractivity contribution >= 4 is 29.1 Å². The van der Waals surface area contributed by atoms with E-state index in [-0.39, 0.29) is 24.7 Å². The van der Waals surface area contributed by atoms with Crippen LogP contribution in [0.4, 0.5) is 21.9 Å². The molecule has 2 amide bonds. The Bertz CT molecular complexity index is 1100. The number of ether oxygens (including phenoxy) is 3. The summed E-state index contributed by atoms with van der Waals surface area (Å²) < 4.78 is 17.0. The lowest BCUT2D eigenvalue weighted by molar-refractivity contribution is -0.121. The first kappa shape index (κ1) is 26.8. The molecule has 8 heteroatoms. The second-order valence-corrected chi connectivity index (χ2v) is 11.1. The molecular weight excluding hydrogens is 470 g/mol. The molecule has 0 spiro atoms. The average molecular weight is 510 g/mol. The molecule has 2 heterocycles. The van der Waals surface area contributed by atoms with Crippen molar-refractivity contribution < 1.29 is 23.8 Å². The zero-order valence-corrected chi connectivity index (χ0v) is 22.7. The minimum atomic E-state index is -0.571. The van der Waals surface area contributed by atoms with Crippen LogP contribution >= 0.6 is 0 Å². The summed E-state index contributed by atoms with van der Waals surface area (Å²) in [4.78, 5) is 28.0. The second-order valence-electron chi connectivity index (χ2n) is 11.1. The molecule has 2 aliphatic rings. The van der Waals surface area contributed by atoms with Crippen molar-refractivity contribution in [3.05, 3.63) is 48.0 Å². The van der Waals surface area contributed by atoms with E-state index in [1.54, 1.807) is 11.9 Å². The van der Waals surface area contributed by atoms with Crippen molar-refractivity contribution in [1.82, 2.24) is 4.90 Å². The van der Waals surface area contributed by atoms with Crippen LogP contribution in [0.3, 0.4) is 0 Å². The fourth-order valence-electron chi connectivity index (χ4n) is 4.89. The number of anilines is 3. The number of nitrogens with one attached hydrogen (secondary N) is 1. The molecule has 2 aliphatic heterocycles. The van der Waals surface area contributed by atoms with Gasteiger partial charge in [-0.3, -0.25) is 4.79 Å². The highest BCUT2D eigenvalue weighted by Crippen LogP contribution is 2.36. The molecule has 2 aromatic carbocycles. The first-order valence-electron chi connectivity index (χ1n) is 13.0. The molecule has 1 N–H and O–H groups in total. The molecule has 1 fully saturated rings. The standard InChI is InChI=1S/C29H39N3O5/c1-19-15-22(16-20(2)36-19)21-7-9-23(10-8-21)30-24-11-12-25-26(17-24)35-18-27(33)32(25)14-13-31(6)28(34)37-29(3,4)5/h7-12,17,19-20,22,30H,13-16,18H2,1-6H3. The van der Waals surface area contributed by atoms with Gasteiger partial charge in [0.2, 0.25) is 0 Å². The number of carbonyl (C=O) groups excluding carboxylic acids is 2. The maximum absolute atomic E-state index is 12.6. The predicted octanol–water partition coefficient (Wildman–Crippen LogP) is 5.69. The van der Waals surface area contributed by atoms with E-state index in [9.17, 15) is 9.59 Å². The normalized spacial score (nSPS) is 21.6. The molecule has 8 nitrogen and oxygen atoms in total. The maximum Gasteiger partial charge on any atom is 0.410 e. The molecule has 1 saturated heterocycles. The number of hydrogen-bond donors (Lipinski definition) is 1. The van der Waals surface area contributed by atoms with Gasteiger partial charge in [-0.15, -0.1) is 0 Å². The van der Waals surface area contributed by atoms with Crippen LogP contribution in [-0.2, 0) is 14.3 Å². The zero-order chi connectivity index (χ0) is 26.7. The lowest BCUT2D eigenvalue weighted by Gasteiger charge is -2.32. The minimum absolute atomic E-state index is 0.0384. The monoisotopic (exact) mass is 509 g/mol. The van der Waals surface area contributed by atoms with E-state index in [2.05, 4.69) is 43.4 Å². The molecule has 2 aromatic rings. The predicted molar refractivity (Wildman–Crippen MR) is 145 cm³/mol. The van der Waals surface area contributed by atoms with E-state index in [0.717, 1.165) is 24.2 Å². The van der Waals surface area contributed by atoms with E-state index in [1.165, 1.54) is 10.5 Å². The zero-order valence-electron chi connectivity index (χ0n) is 22.7. The number of benzene rings is 2. The summed E-state index contributed by atoms with van der Waals surface area (Å²) in [6, 6.07) is 14.3. The SMILES string of the molecule is CC1CC(c2ccc(Nc3ccc4c(c3)OCC(=O)N4CCN(C)C(=O)OC(C)(C)C)cc2)CC(C)O1. The highest BCUT2D eigenvalue weighted by atomic mass is 16.6. The van der Waals surface area contributed by atoms with Crippen LogP contribution in [-0.4, -0.2) is 61.5 Å². The van der Waals surface area contributed by atoms with Crippen LogP contribution in [0.15, 0.2) is 42.5 Å². The Hall–Kier alpha value is -3.26. The lowest BCUT2D eigenvalue weighted by Crippen LogP contribution is -2.44. The topological polar surface area (TPSA) is 80.3 Å². The molecule has 37 heavy (non-hydrogen) atoms. The smallest absolute Gasteiger partial charge is 0.410 e. The van der Waals surface area contributed by atoms with Crippen LogP contribution in [0.25, 0.3) is 0 Å². The van der Waals surface area contributed by atoms with Gasteiger partial charge in [-0.1, -0.05) is 12.1 Å². The maximum atomic E-state index is 12.6. The third-order valence-corrected chi connectivity index (χ3v) is 6.64. The van der Waals surface area contributed by atoms with Gasteiger partial charge in [-0.05, 0) is 83.2 Å². The van der Waals surface area contributed by atoms with Crippen LogP contribution in [0, 0.1) is 0 Å². The highest BCUT2D eigenvalue weighted by Gasteiger charge is 2.28. The fraction of sp³-hybridized carbons (Fsp3) is 0.517. The summed E-state index contributed by atoms with van der Waals surface area (Å²) in [7, 11) is 1.67. The molecule has 0 aromatic heterocycles. The Morgan fingerprint density at radius 3 is 2.38 bits per heavy atom. The van der Waals surface area contributed by atoms with E-state index < -0.39 is 11.7 Å². The van der Waals surface area contributed by atoms with Crippen molar-refractivity contribution in [2.75, 3.05) is 37.0 Å². The van der Waals surface area contributed by atoms with Crippen LogP contribution in [0.5, 0.6) is 5.75 Å². The van der Waals surface area contributed by atoms with Gasteiger partial charge in [-0.2, -0.15) is 0 Å². The minimum Gasteiger partial charge on any atom is -0.481 e. The molecule has 0 bridgehead atoms. The van der Waals surface area contributed by atoms with Gasteiger partial charge in [0.15, 0.2) is 6.61 Å². The molecule has 2 atom stereocenters. The van der Waals surface area contributed by atoms with Crippen LogP contribution < -0.4 is 15.0 Å². The van der Waals surface area contributed by atoms with Crippen molar-refractivity contribution in [3.63, 3.8) is 0 Å². The molecule has 2 unspecified atom stereocenters. The van der Waals surface area contributed by atoms with E-state index >= 15 is 0 Å². The van der Waals surface area contributed by atoms with Gasteiger partial charge in [-0.25, -0.2) is 4.79 Å². The van der Waals surface area contributed by atoms with Crippen molar-refractivity contribution in [1.29, 1.82) is 0 Å². The van der Waals surface area contributed by atoms with Gasteiger partial charge in [0.1, 0.15) is 11.4 Å². The third kappa shape index (κ3) is 6.95.